The highest BCUT2D eigenvalue weighted by Crippen LogP contribution is 2.25. The van der Waals surface area contributed by atoms with E-state index in [0.29, 0.717) is 27.3 Å². The summed E-state index contributed by atoms with van der Waals surface area (Å²) in [6, 6.07) is 27.3. The first-order valence-corrected chi connectivity index (χ1v) is 11.8. The van der Waals surface area contributed by atoms with Crippen molar-refractivity contribution >= 4 is 45.6 Å². The van der Waals surface area contributed by atoms with Gasteiger partial charge in [-0.1, -0.05) is 72.4 Å². The molecule has 0 fully saturated rings. The molecule has 0 spiro atoms. The van der Waals surface area contributed by atoms with Crippen LogP contribution in [0.1, 0.15) is 5.56 Å². The van der Waals surface area contributed by atoms with E-state index in [-0.39, 0.29) is 23.0 Å². The van der Waals surface area contributed by atoms with Gasteiger partial charge in [0.25, 0.3) is 11.5 Å². The van der Waals surface area contributed by atoms with Gasteiger partial charge in [-0.25, -0.2) is 10.4 Å². The number of thioether (sulfide) groups is 1. The van der Waals surface area contributed by atoms with Crippen LogP contribution in [-0.2, 0) is 4.79 Å². The Labute approximate surface area is 204 Å². The summed E-state index contributed by atoms with van der Waals surface area (Å²) < 4.78 is 1.51. The summed E-state index contributed by atoms with van der Waals surface area (Å²) in [4.78, 5) is 30.4. The van der Waals surface area contributed by atoms with Gasteiger partial charge in [0.15, 0.2) is 5.16 Å². The number of aromatic nitrogens is 2. The van der Waals surface area contributed by atoms with Gasteiger partial charge in [-0.05, 0) is 41.1 Å². The molecule has 0 aliphatic carbocycles. The van der Waals surface area contributed by atoms with Crippen molar-refractivity contribution in [1.29, 1.82) is 0 Å². The van der Waals surface area contributed by atoms with Gasteiger partial charge < -0.3 is 5.11 Å². The highest BCUT2D eigenvalue weighted by molar-refractivity contribution is 7.99. The third-order valence-corrected chi connectivity index (χ3v) is 6.36. The maximum Gasteiger partial charge on any atom is 0.266 e. The van der Waals surface area contributed by atoms with Gasteiger partial charge in [-0.2, -0.15) is 5.10 Å². The zero-order valence-corrected chi connectivity index (χ0v) is 19.3. The number of rotatable bonds is 6. The summed E-state index contributed by atoms with van der Waals surface area (Å²) in [6.07, 6.45) is 1.43. The molecule has 4 aromatic carbocycles. The third kappa shape index (κ3) is 4.64. The van der Waals surface area contributed by atoms with E-state index < -0.39 is 0 Å². The van der Waals surface area contributed by atoms with Crippen LogP contribution < -0.4 is 11.0 Å². The van der Waals surface area contributed by atoms with E-state index in [4.69, 9.17) is 0 Å². The van der Waals surface area contributed by atoms with Crippen molar-refractivity contribution in [2.24, 2.45) is 5.10 Å². The average Bonchev–Trinajstić information content (AvgIpc) is 2.89. The lowest BCUT2D eigenvalue weighted by atomic mass is 10.0. The predicted octanol–water partition coefficient (Wildman–Crippen LogP) is 4.49. The molecular weight excluding hydrogens is 460 g/mol. The number of amides is 1. The Balaban J connectivity index is 1.37. The van der Waals surface area contributed by atoms with E-state index in [1.807, 2.05) is 66.7 Å². The zero-order valence-electron chi connectivity index (χ0n) is 18.5. The SMILES string of the molecule is O=C(CSc1nc2ccccc2c(=O)n1-c1ccccc1)NN=Cc1c(O)ccc2ccccc12. The summed E-state index contributed by atoms with van der Waals surface area (Å²) in [5, 5.41) is 16.9. The topological polar surface area (TPSA) is 96.6 Å². The van der Waals surface area contributed by atoms with Crippen LogP contribution in [0.3, 0.4) is 0 Å². The number of carbonyl (C=O) groups excluding carboxylic acids is 1. The monoisotopic (exact) mass is 480 g/mol. The molecule has 1 heterocycles. The second-order valence-electron chi connectivity index (χ2n) is 7.69. The van der Waals surface area contributed by atoms with Crippen LogP contribution in [0.15, 0.2) is 106 Å². The fraction of sp³-hybridized carbons (Fsp3) is 0.0370. The predicted molar refractivity (Wildman–Crippen MR) is 139 cm³/mol. The van der Waals surface area contributed by atoms with Gasteiger partial charge in [-0.15, -0.1) is 0 Å². The van der Waals surface area contributed by atoms with E-state index in [1.54, 1.807) is 24.3 Å². The highest BCUT2D eigenvalue weighted by atomic mass is 32.2. The van der Waals surface area contributed by atoms with Crippen LogP contribution in [0.5, 0.6) is 5.75 Å². The number of hydrogen-bond donors (Lipinski definition) is 2. The molecule has 0 aliphatic heterocycles. The molecular formula is C27H20N4O3S. The molecule has 35 heavy (non-hydrogen) atoms. The number of fused-ring (bicyclic) bond motifs is 2. The Morgan fingerprint density at radius 2 is 1.66 bits per heavy atom. The minimum absolute atomic E-state index is 0.00350. The van der Waals surface area contributed by atoms with Crippen LogP contribution in [0.2, 0.25) is 0 Å². The number of hydrazone groups is 1. The van der Waals surface area contributed by atoms with Crippen LogP contribution in [0, 0.1) is 0 Å². The number of nitrogens with one attached hydrogen (secondary N) is 1. The average molecular weight is 481 g/mol. The molecule has 0 bridgehead atoms. The van der Waals surface area contributed by atoms with E-state index in [0.717, 1.165) is 22.5 Å². The maximum absolute atomic E-state index is 13.2. The molecule has 0 atom stereocenters. The molecule has 0 aliphatic rings. The van der Waals surface area contributed by atoms with Gasteiger partial charge in [0.1, 0.15) is 5.75 Å². The number of phenols is 1. The fourth-order valence-corrected chi connectivity index (χ4v) is 4.57. The number of phenolic OH excluding ortho intramolecular Hbond substituents is 1. The molecule has 0 saturated carbocycles. The summed E-state index contributed by atoms with van der Waals surface area (Å²) in [5.41, 5.74) is 4.04. The number of para-hydroxylation sites is 2. The largest absolute Gasteiger partial charge is 0.507 e. The fourth-order valence-electron chi connectivity index (χ4n) is 3.76. The van der Waals surface area contributed by atoms with E-state index >= 15 is 0 Å². The second-order valence-corrected chi connectivity index (χ2v) is 8.63. The maximum atomic E-state index is 13.2. The van der Waals surface area contributed by atoms with Crippen molar-refractivity contribution < 1.29 is 9.90 Å². The summed E-state index contributed by atoms with van der Waals surface area (Å²) >= 11 is 1.15. The molecule has 8 heteroatoms. The van der Waals surface area contributed by atoms with Crippen LogP contribution in [-0.4, -0.2) is 32.5 Å². The van der Waals surface area contributed by atoms with Gasteiger partial charge in [0, 0.05) is 5.56 Å². The molecule has 172 valence electrons. The number of benzene rings is 4. The van der Waals surface area contributed by atoms with Crippen LogP contribution >= 0.6 is 11.8 Å². The van der Waals surface area contributed by atoms with Crippen molar-refractivity contribution in [2.75, 3.05) is 5.75 Å². The molecule has 0 unspecified atom stereocenters. The lowest BCUT2D eigenvalue weighted by molar-refractivity contribution is -0.118. The van der Waals surface area contributed by atoms with E-state index in [2.05, 4.69) is 15.5 Å². The van der Waals surface area contributed by atoms with Crippen molar-refractivity contribution in [2.45, 2.75) is 5.16 Å². The standard InChI is InChI=1S/C27H20N4O3S/c32-24-15-14-18-8-4-5-11-20(18)22(24)16-28-30-25(33)17-35-27-29-23-13-7-6-12-21(23)26(34)31(27)19-9-2-1-3-10-19/h1-16,32H,17H2,(H,30,33). The number of hydrogen-bond acceptors (Lipinski definition) is 6. The van der Waals surface area contributed by atoms with Crippen LogP contribution in [0.4, 0.5) is 0 Å². The van der Waals surface area contributed by atoms with E-state index in [9.17, 15) is 14.7 Å². The van der Waals surface area contributed by atoms with Crippen molar-refractivity contribution in [3.8, 4) is 11.4 Å². The van der Waals surface area contributed by atoms with Crippen molar-refractivity contribution in [1.82, 2.24) is 15.0 Å². The Bertz CT molecular complexity index is 1630. The zero-order chi connectivity index (χ0) is 24.2. The van der Waals surface area contributed by atoms with Crippen molar-refractivity contribution in [3.63, 3.8) is 0 Å². The highest BCUT2D eigenvalue weighted by Gasteiger charge is 2.14. The second kappa shape index (κ2) is 9.82. The Morgan fingerprint density at radius 3 is 2.49 bits per heavy atom. The Hall–Kier alpha value is -4.43. The van der Waals surface area contributed by atoms with Gasteiger partial charge in [0.2, 0.25) is 0 Å². The molecule has 1 aromatic heterocycles. The lowest BCUT2D eigenvalue weighted by Gasteiger charge is -2.12. The Kier molecular flexibility index (Phi) is 6.28. The third-order valence-electron chi connectivity index (χ3n) is 5.42. The van der Waals surface area contributed by atoms with Gasteiger partial charge in [0.05, 0.1) is 28.6 Å². The number of nitrogens with zero attached hydrogens (tertiary/aromatic N) is 3. The molecule has 5 aromatic rings. The van der Waals surface area contributed by atoms with Crippen LogP contribution in [0.25, 0.3) is 27.4 Å². The first-order chi connectivity index (χ1) is 17.1. The molecule has 7 nitrogen and oxygen atoms in total. The molecule has 0 radical (unpaired) electrons. The van der Waals surface area contributed by atoms with Crippen molar-refractivity contribution in [3.05, 3.63) is 107 Å². The van der Waals surface area contributed by atoms with E-state index in [1.165, 1.54) is 10.8 Å². The quantitative estimate of drug-likeness (QED) is 0.162. The first kappa shape index (κ1) is 22.4. The molecule has 5 rings (SSSR count). The summed E-state index contributed by atoms with van der Waals surface area (Å²) in [5.74, 6) is -0.299. The molecule has 1 amide bonds. The normalized spacial score (nSPS) is 11.3. The molecule has 0 saturated heterocycles. The number of carbonyl (C=O) groups is 1. The summed E-state index contributed by atoms with van der Waals surface area (Å²) in [7, 11) is 0. The Morgan fingerprint density at radius 1 is 0.943 bits per heavy atom. The van der Waals surface area contributed by atoms with Gasteiger partial charge in [-0.3, -0.25) is 14.2 Å². The smallest absolute Gasteiger partial charge is 0.266 e. The lowest BCUT2D eigenvalue weighted by Crippen LogP contribution is -2.24. The molecule has 2 N–H and O–H groups in total. The van der Waals surface area contributed by atoms with Gasteiger partial charge >= 0.3 is 0 Å². The summed E-state index contributed by atoms with van der Waals surface area (Å²) in [6.45, 7) is 0. The first-order valence-electron chi connectivity index (χ1n) is 10.8. The minimum atomic E-state index is -0.368. The number of aromatic hydroxyl groups is 1. The minimum Gasteiger partial charge on any atom is -0.507 e.